The standard InChI is InChI=1S/C21H25N5O2/c1-25-10-12-26(13-11-25)18-8-6-17(7-9-18)22-15-20-23-24-21(28-20)16-4-3-5-19(14-16)27-2/h3-9,14,22H,10-13,15H2,1-2H3. The highest BCUT2D eigenvalue weighted by atomic mass is 16.5. The summed E-state index contributed by atoms with van der Waals surface area (Å²) in [7, 11) is 3.80. The molecule has 0 amide bonds. The van der Waals surface area contributed by atoms with Crippen LogP contribution in [0.25, 0.3) is 11.5 Å². The lowest BCUT2D eigenvalue weighted by atomic mass is 10.2. The van der Waals surface area contributed by atoms with Crippen molar-refractivity contribution >= 4 is 11.4 Å². The van der Waals surface area contributed by atoms with Crippen LogP contribution in [0.2, 0.25) is 0 Å². The van der Waals surface area contributed by atoms with E-state index in [0.717, 1.165) is 43.2 Å². The predicted molar refractivity (Wildman–Crippen MR) is 110 cm³/mol. The number of methoxy groups -OCH3 is 1. The van der Waals surface area contributed by atoms with Crippen LogP contribution in [0.1, 0.15) is 5.89 Å². The number of anilines is 2. The monoisotopic (exact) mass is 379 g/mol. The third-order valence-corrected chi connectivity index (χ3v) is 4.96. The van der Waals surface area contributed by atoms with E-state index < -0.39 is 0 Å². The second kappa shape index (κ2) is 8.31. The number of hydrogen-bond acceptors (Lipinski definition) is 7. The second-order valence-corrected chi connectivity index (χ2v) is 6.92. The molecule has 7 heteroatoms. The molecule has 2 aromatic carbocycles. The molecule has 1 aliphatic rings. The van der Waals surface area contributed by atoms with Gasteiger partial charge in [0, 0.05) is 43.1 Å². The quantitative estimate of drug-likeness (QED) is 0.706. The molecule has 2 heterocycles. The largest absolute Gasteiger partial charge is 0.497 e. The van der Waals surface area contributed by atoms with Crippen LogP contribution in [0.15, 0.2) is 52.9 Å². The van der Waals surface area contributed by atoms with Gasteiger partial charge in [0.2, 0.25) is 11.8 Å². The van der Waals surface area contributed by atoms with Crippen LogP contribution in [-0.2, 0) is 6.54 Å². The summed E-state index contributed by atoms with van der Waals surface area (Å²) in [5.74, 6) is 1.79. The van der Waals surface area contributed by atoms with E-state index in [1.165, 1.54) is 5.69 Å². The highest BCUT2D eigenvalue weighted by molar-refractivity contribution is 5.56. The van der Waals surface area contributed by atoms with Gasteiger partial charge in [-0.25, -0.2) is 0 Å². The van der Waals surface area contributed by atoms with Gasteiger partial charge in [0.05, 0.1) is 13.7 Å². The summed E-state index contributed by atoms with van der Waals surface area (Å²) in [5.41, 5.74) is 3.13. The van der Waals surface area contributed by atoms with Crippen molar-refractivity contribution in [2.24, 2.45) is 0 Å². The van der Waals surface area contributed by atoms with Crippen molar-refractivity contribution in [2.45, 2.75) is 6.54 Å². The van der Waals surface area contributed by atoms with E-state index in [4.69, 9.17) is 9.15 Å². The molecule has 1 N–H and O–H groups in total. The molecule has 0 unspecified atom stereocenters. The molecule has 0 saturated carbocycles. The first-order valence-corrected chi connectivity index (χ1v) is 9.45. The third kappa shape index (κ3) is 4.26. The Balaban J connectivity index is 1.35. The topological polar surface area (TPSA) is 66.7 Å². The maximum Gasteiger partial charge on any atom is 0.247 e. The number of aromatic nitrogens is 2. The lowest BCUT2D eigenvalue weighted by Gasteiger charge is -2.34. The van der Waals surface area contributed by atoms with Crippen LogP contribution in [0.3, 0.4) is 0 Å². The lowest BCUT2D eigenvalue weighted by Crippen LogP contribution is -2.44. The summed E-state index contributed by atoms with van der Waals surface area (Å²) in [6.45, 7) is 4.82. The van der Waals surface area contributed by atoms with E-state index in [2.05, 4.69) is 56.6 Å². The van der Waals surface area contributed by atoms with E-state index in [9.17, 15) is 0 Å². The van der Waals surface area contributed by atoms with Crippen LogP contribution in [-0.4, -0.2) is 55.4 Å². The van der Waals surface area contributed by atoms with Gasteiger partial charge in [-0.1, -0.05) is 6.07 Å². The summed E-state index contributed by atoms with van der Waals surface area (Å²) in [5, 5.41) is 11.6. The van der Waals surface area contributed by atoms with Gasteiger partial charge in [0.25, 0.3) is 0 Å². The zero-order chi connectivity index (χ0) is 19.3. The minimum absolute atomic E-state index is 0.477. The van der Waals surface area contributed by atoms with Crippen LogP contribution in [0.4, 0.5) is 11.4 Å². The molecular weight excluding hydrogens is 354 g/mol. The maximum absolute atomic E-state index is 5.77. The molecular formula is C21H25N5O2. The Bertz CT molecular complexity index is 901. The van der Waals surface area contributed by atoms with Gasteiger partial charge < -0.3 is 24.3 Å². The van der Waals surface area contributed by atoms with Gasteiger partial charge in [-0.2, -0.15) is 0 Å². The first-order chi connectivity index (χ1) is 13.7. The molecule has 0 aliphatic carbocycles. The first-order valence-electron chi connectivity index (χ1n) is 9.45. The van der Waals surface area contributed by atoms with Gasteiger partial charge in [-0.15, -0.1) is 10.2 Å². The van der Waals surface area contributed by atoms with Crippen molar-refractivity contribution in [1.82, 2.24) is 15.1 Å². The highest BCUT2D eigenvalue weighted by Gasteiger charge is 2.14. The Kier molecular flexibility index (Phi) is 5.43. The molecule has 1 aromatic heterocycles. The number of ether oxygens (including phenoxy) is 1. The molecule has 4 rings (SSSR count). The molecule has 1 aliphatic heterocycles. The lowest BCUT2D eigenvalue weighted by molar-refractivity contribution is 0.313. The van der Waals surface area contributed by atoms with E-state index in [1.54, 1.807) is 7.11 Å². The molecule has 28 heavy (non-hydrogen) atoms. The summed E-state index contributed by atoms with van der Waals surface area (Å²) in [4.78, 5) is 4.78. The second-order valence-electron chi connectivity index (χ2n) is 6.92. The van der Waals surface area contributed by atoms with Gasteiger partial charge in [0.1, 0.15) is 5.75 Å². The number of hydrogen-bond donors (Lipinski definition) is 1. The Morgan fingerprint density at radius 1 is 1.04 bits per heavy atom. The molecule has 1 fully saturated rings. The molecule has 7 nitrogen and oxygen atoms in total. The minimum Gasteiger partial charge on any atom is -0.497 e. The molecule has 0 spiro atoms. The van der Waals surface area contributed by atoms with Gasteiger partial charge in [-0.3, -0.25) is 0 Å². The number of piperazine rings is 1. The molecule has 1 saturated heterocycles. The fraction of sp³-hybridized carbons (Fsp3) is 0.333. The number of nitrogens with zero attached hydrogens (tertiary/aromatic N) is 4. The van der Waals surface area contributed by atoms with Crippen molar-refractivity contribution in [3.8, 4) is 17.2 Å². The van der Waals surface area contributed by atoms with Crippen molar-refractivity contribution < 1.29 is 9.15 Å². The average Bonchev–Trinajstić information content (AvgIpc) is 3.22. The summed E-state index contributed by atoms with van der Waals surface area (Å²) in [6.07, 6.45) is 0. The fourth-order valence-corrected chi connectivity index (χ4v) is 3.23. The maximum atomic E-state index is 5.77. The Morgan fingerprint density at radius 2 is 1.82 bits per heavy atom. The van der Waals surface area contributed by atoms with E-state index >= 15 is 0 Å². The van der Waals surface area contributed by atoms with Crippen molar-refractivity contribution in [3.05, 3.63) is 54.4 Å². The van der Waals surface area contributed by atoms with Gasteiger partial charge in [-0.05, 0) is 49.5 Å². The Hall–Kier alpha value is -3.06. The smallest absolute Gasteiger partial charge is 0.247 e. The van der Waals surface area contributed by atoms with E-state index in [-0.39, 0.29) is 0 Å². The zero-order valence-electron chi connectivity index (χ0n) is 16.3. The number of nitrogens with one attached hydrogen (secondary N) is 1. The normalized spacial score (nSPS) is 14.9. The van der Waals surface area contributed by atoms with Crippen molar-refractivity contribution in [2.75, 3.05) is 50.6 Å². The number of likely N-dealkylation sites (N-methyl/N-ethyl adjacent to an activating group) is 1. The van der Waals surface area contributed by atoms with Crippen LogP contribution >= 0.6 is 0 Å². The molecule has 3 aromatic rings. The molecule has 0 bridgehead atoms. The predicted octanol–water partition coefficient (Wildman–Crippen LogP) is 3.11. The Labute approximate surface area is 164 Å². The molecule has 0 atom stereocenters. The summed E-state index contributed by atoms with van der Waals surface area (Å²) >= 11 is 0. The first kappa shape index (κ1) is 18.3. The van der Waals surface area contributed by atoms with Crippen molar-refractivity contribution in [1.29, 1.82) is 0 Å². The minimum atomic E-state index is 0.477. The van der Waals surface area contributed by atoms with Gasteiger partial charge >= 0.3 is 0 Å². The average molecular weight is 379 g/mol. The van der Waals surface area contributed by atoms with Crippen LogP contribution < -0.4 is 15.0 Å². The number of rotatable bonds is 6. The summed E-state index contributed by atoms with van der Waals surface area (Å²) < 4.78 is 11.0. The molecule has 146 valence electrons. The SMILES string of the molecule is COc1cccc(-c2nnc(CNc3ccc(N4CCN(C)CC4)cc3)o2)c1. The van der Waals surface area contributed by atoms with Crippen LogP contribution in [0.5, 0.6) is 5.75 Å². The fourth-order valence-electron chi connectivity index (χ4n) is 3.23. The summed E-state index contributed by atoms with van der Waals surface area (Å²) in [6, 6.07) is 16.1. The highest BCUT2D eigenvalue weighted by Crippen LogP contribution is 2.23. The van der Waals surface area contributed by atoms with E-state index in [0.29, 0.717) is 18.3 Å². The Morgan fingerprint density at radius 3 is 2.57 bits per heavy atom. The van der Waals surface area contributed by atoms with E-state index in [1.807, 2.05) is 24.3 Å². The van der Waals surface area contributed by atoms with Crippen molar-refractivity contribution in [3.63, 3.8) is 0 Å². The zero-order valence-corrected chi connectivity index (χ0v) is 16.3. The molecule has 0 radical (unpaired) electrons. The number of benzene rings is 2. The van der Waals surface area contributed by atoms with Crippen LogP contribution in [0, 0.1) is 0 Å². The third-order valence-electron chi connectivity index (χ3n) is 4.96. The van der Waals surface area contributed by atoms with Gasteiger partial charge in [0.15, 0.2) is 0 Å².